The fourth-order valence-electron chi connectivity index (χ4n) is 8.52. The molecule has 18 atom stereocenters. The van der Waals surface area contributed by atoms with Gasteiger partial charge in [-0.1, -0.05) is 64.7 Å². The molecular formula is C41H73N3O23. The Morgan fingerprint density at radius 2 is 0.985 bits per heavy atom. The minimum absolute atomic E-state index is 0.142. The van der Waals surface area contributed by atoms with Crippen molar-refractivity contribution in [3.63, 3.8) is 0 Å². The smallest absolute Gasteiger partial charge is 0.364 e. The van der Waals surface area contributed by atoms with Crippen LogP contribution in [0.2, 0.25) is 0 Å². The number of nitrogens with one attached hydrogen (secondary N) is 1. The molecule has 0 aromatic heterocycles. The van der Waals surface area contributed by atoms with Crippen LogP contribution in [0.3, 0.4) is 0 Å². The predicted octanol–water partition coefficient (Wildman–Crippen LogP) is -4.93. The lowest BCUT2D eigenvalue weighted by molar-refractivity contribution is -0.356. The largest absolute Gasteiger partial charge is 0.477 e. The Kier molecular flexibility index (Phi) is 23.0. The number of carbonyl (C=O) groups is 4. The Bertz CT molecular complexity index is 1570. The highest BCUT2D eigenvalue weighted by molar-refractivity contribution is 5.77. The van der Waals surface area contributed by atoms with Crippen molar-refractivity contribution in [3.05, 3.63) is 0 Å². The van der Waals surface area contributed by atoms with Crippen LogP contribution >= 0.6 is 0 Å². The zero-order valence-corrected chi connectivity index (χ0v) is 37.7. The Hall–Kier alpha value is -2.84. The van der Waals surface area contributed by atoms with Gasteiger partial charge in [0.2, 0.25) is 5.91 Å². The molecule has 0 aromatic carbocycles. The number of nitrogens with two attached hydrogens (primary N) is 2. The van der Waals surface area contributed by atoms with Crippen LogP contribution < -0.4 is 16.8 Å². The highest BCUT2D eigenvalue weighted by Crippen LogP contribution is 2.39. The number of aliphatic hydroxyl groups is 10. The van der Waals surface area contributed by atoms with E-state index in [0.29, 0.717) is 12.8 Å². The first-order valence-corrected chi connectivity index (χ1v) is 22.6. The molecule has 3 rings (SSSR count). The summed E-state index contributed by atoms with van der Waals surface area (Å²) >= 11 is 0. The molecule has 0 radical (unpaired) electrons. The van der Waals surface area contributed by atoms with Gasteiger partial charge in [0.15, 0.2) is 0 Å². The van der Waals surface area contributed by atoms with Crippen molar-refractivity contribution >= 4 is 23.8 Å². The van der Waals surface area contributed by atoms with Gasteiger partial charge in [0.25, 0.3) is 17.4 Å². The number of amides is 1. The second kappa shape index (κ2) is 26.4. The lowest BCUT2D eigenvalue weighted by Gasteiger charge is -2.50. The molecule has 67 heavy (non-hydrogen) atoms. The van der Waals surface area contributed by atoms with Crippen LogP contribution in [0.15, 0.2) is 0 Å². The number of carboxylic acids is 3. The maximum absolute atomic E-state index is 13.0. The van der Waals surface area contributed by atoms with Crippen molar-refractivity contribution in [2.75, 3.05) is 26.4 Å². The summed E-state index contributed by atoms with van der Waals surface area (Å²) in [4.78, 5) is 50.4. The molecule has 390 valence electrons. The van der Waals surface area contributed by atoms with Gasteiger partial charge in [0, 0.05) is 26.2 Å². The van der Waals surface area contributed by atoms with Gasteiger partial charge in [-0.15, -0.1) is 0 Å². The van der Waals surface area contributed by atoms with E-state index in [-0.39, 0.29) is 6.61 Å². The number of unbranched alkanes of at least 4 members (excludes halogenated alkanes) is 9. The first-order chi connectivity index (χ1) is 31.5. The van der Waals surface area contributed by atoms with Crippen LogP contribution in [0.4, 0.5) is 0 Å². The molecule has 3 aliphatic rings. The molecule has 0 spiro atoms. The minimum Gasteiger partial charge on any atom is -0.477 e. The van der Waals surface area contributed by atoms with Crippen molar-refractivity contribution in [1.82, 2.24) is 5.32 Å². The number of carboxylic acid groups (broad SMARTS) is 3. The molecule has 26 heteroatoms. The second-order valence-electron chi connectivity index (χ2n) is 17.5. The molecule has 1 amide bonds. The van der Waals surface area contributed by atoms with E-state index >= 15 is 0 Å². The summed E-state index contributed by atoms with van der Waals surface area (Å²) in [6.07, 6.45) is -18.4. The second-order valence-corrected chi connectivity index (χ2v) is 17.5. The molecule has 3 heterocycles. The number of aliphatic carboxylic acids is 3. The average molecular weight is 976 g/mol. The number of aliphatic hydroxyl groups excluding tert-OH is 10. The highest BCUT2D eigenvalue weighted by atomic mass is 16.8. The zero-order valence-electron chi connectivity index (χ0n) is 37.7. The van der Waals surface area contributed by atoms with Gasteiger partial charge >= 0.3 is 17.9 Å². The van der Waals surface area contributed by atoms with Crippen LogP contribution in [-0.4, -0.2) is 225 Å². The lowest BCUT2D eigenvalue weighted by atomic mass is 9.87. The molecule has 0 bridgehead atoms. The highest BCUT2D eigenvalue weighted by Gasteiger charge is 2.61. The van der Waals surface area contributed by atoms with Crippen molar-refractivity contribution in [2.24, 2.45) is 11.5 Å². The first-order valence-electron chi connectivity index (χ1n) is 22.6. The molecule has 0 saturated carbocycles. The molecule has 0 aliphatic carbocycles. The first kappa shape index (κ1) is 58.5. The van der Waals surface area contributed by atoms with Gasteiger partial charge in [0.05, 0.1) is 62.9 Å². The lowest BCUT2D eigenvalue weighted by Crippen LogP contribution is -2.70. The van der Waals surface area contributed by atoms with Gasteiger partial charge in [-0.05, 0) is 6.42 Å². The van der Waals surface area contributed by atoms with Gasteiger partial charge in [0.1, 0.15) is 54.9 Å². The predicted molar refractivity (Wildman–Crippen MR) is 224 cm³/mol. The standard InChI is InChI=1S/C41H73N3O23/c1-3-4-5-6-7-8-9-10-11-12-13-62-39(36(56)57)14-21(49)27(42)33(65-39)31(54)25(18-46)63-40(37(58)59)15-22(50)28(43)34(66-40)32(55)26(19-47)64-41(38(60)61)16-23(51)29(44-20(2)48)35(67-41)30(53)24(52)17-45/h21-35,45-47,49-55H,3-19,42-43H2,1-2H3,(H,44,48)(H,56,57)(H,58,59)(H,60,61)/t21-,22-,23-,24+,25+,26+,27+,28+,29+,30+,31+,32+,33+,34+,35+,39+,40+,41+/m0/s1. The van der Waals surface area contributed by atoms with Gasteiger partial charge in [-0.3, -0.25) is 4.79 Å². The van der Waals surface area contributed by atoms with Crippen LogP contribution in [0.25, 0.3) is 0 Å². The fraction of sp³-hybridized carbons (Fsp3) is 0.902. The molecule has 26 nitrogen and oxygen atoms in total. The summed E-state index contributed by atoms with van der Waals surface area (Å²) in [5.74, 6) is -15.5. The molecule has 3 fully saturated rings. The minimum atomic E-state index is -3.19. The molecule has 3 saturated heterocycles. The van der Waals surface area contributed by atoms with E-state index in [1.165, 1.54) is 12.8 Å². The summed E-state index contributed by atoms with van der Waals surface area (Å²) in [5, 5.41) is 141. The molecule has 18 N–H and O–H groups in total. The summed E-state index contributed by atoms with van der Waals surface area (Å²) in [5.41, 5.74) is 12.3. The number of rotatable bonds is 29. The Labute approximate surface area is 386 Å². The monoisotopic (exact) mass is 975 g/mol. The normalized spacial score (nSPS) is 35.2. The van der Waals surface area contributed by atoms with Crippen LogP contribution in [0.1, 0.15) is 97.3 Å². The third-order valence-corrected chi connectivity index (χ3v) is 12.4. The van der Waals surface area contributed by atoms with E-state index in [2.05, 4.69) is 12.2 Å². The number of carbonyl (C=O) groups excluding carboxylic acids is 1. The van der Waals surface area contributed by atoms with Crippen molar-refractivity contribution in [2.45, 2.75) is 206 Å². The Morgan fingerprint density at radius 3 is 1.39 bits per heavy atom. The van der Waals surface area contributed by atoms with Gasteiger partial charge in [-0.25, -0.2) is 14.4 Å². The maximum atomic E-state index is 13.0. The zero-order chi connectivity index (χ0) is 50.4. The van der Waals surface area contributed by atoms with Crippen LogP contribution in [0.5, 0.6) is 0 Å². The summed E-state index contributed by atoms with van der Waals surface area (Å²) in [7, 11) is 0. The molecule has 0 aromatic rings. The maximum Gasteiger partial charge on any atom is 0.364 e. The summed E-state index contributed by atoms with van der Waals surface area (Å²) in [6, 6.07) is -5.02. The molecular weight excluding hydrogens is 902 g/mol. The number of hydrogen-bond donors (Lipinski definition) is 16. The molecule has 0 unspecified atom stereocenters. The summed E-state index contributed by atoms with van der Waals surface area (Å²) in [6.45, 7) is -0.745. The van der Waals surface area contributed by atoms with Gasteiger partial charge in [-0.2, -0.15) is 0 Å². The van der Waals surface area contributed by atoms with E-state index in [9.17, 15) is 85.6 Å². The summed E-state index contributed by atoms with van der Waals surface area (Å²) < 4.78 is 33.8. The van der Waals surface area contributed by atoms with E-state index in [1.807, 2.05) is 0 Å². The van der Waals surface area contributed by atoms with Crippen LogP contribution in [-0.2, 0) is 47.6 Å². The topological polar surface area (TPSA) is 451 Å². The SMILES string of the molecule is CCCCCCCCCCCCO[C@]1(C(=O)O)C[C@H](O)[C@@H](N)[C@H]([C@H](O)[C@@H](CO)O[C@]2(C(=O)O)C[C@H](O)[C@@H](N)[C@H]([C@H](O)[C@@H](CO)O[C@]3(C(=O)O)C[C@H](O)[C@@H](NC(C)=O)[C@H]([C@H](O)[C@H](O)CO)O3)O2)O1. The van der Waals surface area contributed by atoms with E-state index in [0.717, 1.165) is 45.4 Å². The number of ether oxygens (including phenoxy) is 6. The third kappa shape index (κ3) is 14.6. The van der Waals surface area contributed by atoms with E-state index in [4.69, 9.17) is 39.9 Å². The third-order valence-electron chi connectivity index (χ3n) is 12.4. The van der Waals surface area contributed by atoms with Crippen LogP contribution in [0, 0.1) is 0 Å². The average Bonchev–Trinajstić information content (AvgIpc) is 3.28. The van der Waals surface area contributed by atoms with E-state index in [1.54, 1.807) is 0 Å². The van der Waals surface area contributed by atoms with Crippen molar-refractivity contribution in [3.8, 4) is 0 Å². The fourth-order valence-corrected chi connectivity index (χ4v) is 8.52. The van der Waals surface area contributed by atoms with E-state index < -0.39 is 172 Å². The Balaban J connectivity index is 1.85. The van der Waals surface area contributed by atoms with Gasteiger partial charge < -0.3 is 112 Å². The number of hydrogen-bond acceptors (Lipinski definition) is 22. The Morgan fingerprint density at radius 1 is 0.597 bits per heavy atom. The molecule has 3 aliphatic heterocycles. The van der Waals surface area contributed by atoms with Crippen molar-refractivity contribution < 1.29 is 114 Å². The van der Waals surface area contributed by atoms with Crippen molar-refractivity contribution in [1.29, 1.82) is 0 Å². The quantitative estimate of drug-likeness (QED) is 0.0312.